The highest BCUT2D eigenvalue weighted by Crippen LogP contribution is 2.12. The predicted octanol–water partition coefficient (Wildman–Crippen LogP) is 2.58. The summed E-state index contributed by atoms with van der Waals surface area (Å²) < 4.78 is 26.4. The highest BCUT2D eigenvalue weighted by Gasteiger charge is 2.09. The number of carbonyl (C=O) groups excluding carboxylic acids is 1. The molecule has 5 heteroatoms. The maximum Gasteiger partial charge on any atom is 0.220 e. The first-order valence-corrected chi connectivity index (χ1v) is 6.48. The zero-order valence-electron chi connectivity index (χ0n) is 11.0. The summed E-state index contributed by atoms with van der Waals surface area (Å²) in [5, 5.41) is 2.75. The molecular weight excluding hydrogens is 262 g/mol. The molecule has 0 fully saturated rings. The quantitative estimate of drug-likeness (QED) is 0.838. The van der Waals surface area contributed by atoms with Crippen LogP contribution in [0.25, 0.3) is 0 Å². The van der Waals surface area contributed by atoms with Crippen molar-refractivity contribution in [2.75, 3.05) is 6.54 Å². The molecule has 0 saturated carbocycles. The van der Waals surface area contributed by atoms with E-state index in [2.05, 4.69) is 10.3 Å². The van der Waals surface area contributed by atoms with Crippen molar-refractivity contribution in [2.24, 2.45) is 0 Å². The molecule has 20 heavy (non-hydrogen) atoms. The largest absolute Gasteiger partial charge is 0.365 e. The Bertz CT molecular complexity index is 567. The summed E-state index contributed by atoms with van der Waals surface area (Å²) in [6.07, 6.45) is 2.87. The first-order chi connectivity index (χ1) is 9.66. The van der Waals surface area contributed by atoms with Crippen LogP contribution in [0.1, 0.15) is 17.7 Å². The molecule has 0 saturated heterocycles. The van der Waals surface area contributed by atoms with Gasteiger partial charge in [0.25, 0.3) is 0 Å². The van der Waals surface area contributed by atoms with E-state index in [1.165, 1.54) is 12.1 Å². The van der Waals surface area contributed by atoms with Gasteiger partial charge in [0.15, 0.2) is 11.6 Å². The molecule has 1 heterocycles. The van der Waals surface area contributed by atoms with Gasteiger partial charge in [-0.25, -0.2) is 8.78 Å². The van der Waals surface area contributed by atoms with Gasteiger partial charge < -0.3 is 10.3 Å². The molecule has 0 spiro atoms. The minimum atomic E-state index is -0.880. The summed E-state index contributed by atoms with van der Waals surface area (Å²) in [6.45, 7) is 0.519. The molecule has 1 aromatic heterocycles. The van der Waals surface area contributed by atoms with Crippen LogP contribution in [0.2, 0.25) is 0 Å². The van der Waals surface area contributed by atoms with E-state index in [0.717, 1.165) is 11.8 Å². The Hall–Kier alpha value is -2.17. The predicted molar refractivity (Wildman–Crippen MR) is 72.2 cm³/mol. The van der Waals surface area contributed by atoms with Gasteiger partial charge in [-0.15, -0.1) is 0 Å². The first kappa shape index (κ1) is 14.2. The van der Waals surface area contributed by atoms with E-state index >= 15 is 0 Å². The lowest BCUT2D eigenvalue weighted by Gasteiger charge is -2.06. The van der Waals surface area contributed by atoms with Crippen molar-refractivity contribution in [3.8, 4) is 0 Å². The average Bonchev–Trinajstić information content (AvgIpc) is 2.94. The lowest BCUT2D eigenvalue weighted by Crippen LogP contribution is -2.26. The van der Waals surface area contributed by atoms with Crippen molar-refractivity contribution in [1.29, 1.82) is 0 Å². The lowest BCUT2D eigenvalue weighted by molar-refractivity contribution is -0.121. The van der Waals surface area contributed by atoms with Crippen LogP contribution >= 0.6 is 0 Å². The van der Waals surface area contributed by atoms with Crippen molar-refractivity contribution in [3.05, 3.63) is 59.4 Å². The first-order valence-electron chi connectivity index (χ1n) is 6.48. The fourth-order valence-corrected chi connectivity index (χ4v) is 1.94. The molecule has 2 N–H and O–H groups in total. The normalized spacial score (nSPS) is 10.5. The zero-order valence-corrected chi connectivity index (χ0v) is 11.0. The van der Waals surface area contributed by atoms with Gasteiger partial charge in [0.2, 0.25) is 5.91 Å². The number of hydrogen-bond donors (Lipinski definition) is 2. The second kappa shape index (κ2) is 6.84. The number of carbonyl (C=O) groups is 1. The standard InChI is InChI=1S/C15H16F2N2O/c16-13-5-1-3-11(15(13)17)6-7-14(20)19-10-8-12-4-2-9-18-12/h1-5,9,18H,6-8,10H2,(H,19,20). The van der Waals surface area contributed by atoms with Gasteiger partial charge in [0.1, 0.15) is 0 Å². The van der Waals surface area contributed by atoms with Gasteiger partial charge in [-0.3, -0.25) is 4.79 Å². The van der Waals surface area contributed by atoms with Crippen LogP contribution in [-0.4, -0.2) is 17.4 Å². The number of aryl methyl sites for hydroxylation is 1. The number of amides is 1. The van der Waals surface area contributed by atoms with Crippen molar-refractivity contribution >= 4 is 5.91 Å². The second-order valence-electron chi connectivity index (χ2n) is 4.51. The molecule has 0 aliphatic rings. The Labute approximate surface area is 116 Å². The number of aromatic nitrogens is 1. The highest BCUT2D eigenvalue weighted by molar-refractivity contribution is 5.76. The van der Waals surface area contributed by atoms with Crippen molar-refractivity contribution in [2.45, 2.75) is 19.3 Å². The molecular formula is C15H16F2N2O. The fraction of sp³-hybridized carbons (Fsp3) is 0.267. The fourth-order valence-electron chi connectivity index (χ4n) is 1.94. The van der Waals surface area contributed by atoms with Gasteiger partial charge in [0, 0.05) is 31.3 Å². The molecule has 0 aliphatic heterocycles. The van der Waals surface area contributed by atoms with Crippen LogP contribution in [-0.2, 0) is 17.6 Å². The number of H-pyrrole nitrogens is 1. The molecule has 0 aliphatic carbocycles. The number of nitrogens with one attached hydrogen (secondary N) is 2. The van der Waals surface area contributed by atoms with E-state index in [-0.39, 0.29) is 24.3 Å². The molecule has 2 rings (SSSR count). The molecule has 2 aromatic rings. The van der Waals surface area contributed by atoms with E-state index in [0.29, 0.717) is 13.0 Å². The molecule has 1 aromatic carbocycles. The van der Waals surface area contributed by atoms with Gasteiger partial charge >= 0.3 is 0 Å². The molecule has 0 bridgehead atoms. The van der Waals surface area contributed by atoms with Crippen molar-refractivity contribution in [3.63, 3.8) is 0 Å². The molecule has 3 nitrogen and oxygen atoms in total. The Balaban J connectivity index is 1.73. The van der Waals surface area contributed by atoms with E-state index in [4.69, 9.17) is 0 Å². The third-order valence-corrected chi connectivity index (χ3v) is 3.03. The average molecular weight is 278 g/mol. The molecule has 0 radical (unpaired) electrons. The lowest BCUT2D eigenvalue weighted by atomic mass is 10.1. The Kier molecular flexibility index (Phi) is 4.87. The summed E-state index contributed by atoms with van der Waals surface area (Å²) in [7, 11) is 0. The number of hydrogen-bond acceptors (Lipinski definition) is 1. The van der Waals surface area contributed by atoms with E-state index in [1.54, 1.807) is 0 Å². The van der Waals surface area contributed by atoms with Crippen LogP contribution in [0.4, 0.5) is 8.78 Å². The van der Waals surface area contributed by atoms with Crippen LogP contribution in [0.5, 0.6) is 0 Å². The van der Waals surface area contributed by atoms with Crippen LogP contribution in [0.15, 0.2) is 36.5 Å². The number of rotatable bonds is 6. The minimum Gasteiger partial charge on any atom is -0.365 e. The van der Waals surface area contributed by atoms with Crippen LogP contribution in [0, 0.1) is 11.6 Å². The van der Waals surface area contributed by atoms with Gasteiger partial charge in [-0.1, -0.05) is 12.1 Å². The number of benzene rings is 1. The third kappa shape index (κ3) is 3.91. The van der Waals surface area contributed by atoms with Gasteiger partial charge in [-0.05, 0) is 30.2 Å². The molecule has 0 atom stereocenters. The van der Waals surface area contributed by atoms with Crippen molar-refractivity contribution < 1.29 is 13.6 Å². The maximum absolute atomic E-state index is 13.4. The monoisotopic (exact) mass is 278 g/mol. The summed E-state index contributed by atoms with van der Waals surface area (Å²) in [4.78, 5) is 14.6. The summed E-state index contributed by atoms with van der Waals surface area (Å²) in [6, 6.07) is 7.83. The summed E-state index contributed by atoms with van der Waals surface area (Å²) in [5.41, 5.74) is 1.27. The maximum atomic E-state index is 13.4. The molecule has 106 valence electrons. The third-order valence-electron chi connectivity index (χ3n) is 3.03. The Morgan fingerprint density at radius 1 is 1.15 bits per heavy atom. The molecule has 1 amide bonds. The molecule has 0 unspecified atom stereocenters. The summed E-state index contributed by atoms with van der Waals surface area (Å²) >= 11 is 0. The Morgan fingerprint density at radius 2 is 2.00 bits per heavy atom. The topological polar surface area (TPSA) is 44.9 Å². The van der Waals surface area contributed by atoms with Crippen molar-refractivity contribution in [1.82, 2.24) is 10.3 Å². The Morgan fingerprint density at radius 3 is 2.75 bits per heavy atom. The number of aromatic amines is 1. The van der Waals surface area contributed by atoms with E-state index in [1.807, 2.05) is 18.3 Å². The summed E-state index contributed by atoms with van der Waals surface area (Å²) in [5.74, 6) is -1.92. The zero-order chi connectivity index (χ0) is 14.4. The van der Waals surface area contributed by atoms with E-state index in [9.17, 15) is 13.6 Å². The van der Waals surface area contributed by atoms with Gasteiger partial charge in [0.05, 0.1) is 0 Å². The van der Waals surface area contributed by atoms with Crippen LogP contribution in [0.3, 0.4) is 0 Å². The SMILES string of the molecule is O=C(CCc1cccc(F)c1F)NCCc1ccc[nH]1. The minimum absolute atomic E-state index is 0.144. The van der Waals surface area contributed by atoms with E-state index < -0.39 is 11.6 Å². The smallest absolute Gasteiger partial charge is 0.220 e. The second-order valence-corrected chi connectivity index (χ2v) is 4.51. The highest BCUT2D eigenvalue weighted by atomic mass is 19.2. The number of halogens is 2. The van der Waals surface area contributed by atoms with Gasteiger partial charge in [-0.2, -0.15) is 0 Å². The van der Waals surface area contributed by atoms with Crippen LogP contribution < -0.4 is 5.32 Å².